The first-order chi connectivity index (χ1) is 16.0. The lowest BCUT2D eigenvalue weighted by atomic mass is 9.99. The van der Waals surface area contributed by atoms with E-state index in [2.05, 4.69) is 4.98 Å². The van der Waals surface area contributed by atoms with Gasteiger partial charge in [-0.3, -0.25) is 4.79 Å². The Kier molecular flexibility index (Phi) is 5.62. The second kappa shape index (κ2) is 8.73. The van der Waals surface area contributed by atoms with Crippen molar-refractivity contribution in [1.82, 2.24) is 14.9 Å². The number of nitrogens with zero attached hydrogens (tertiary/aromatic N) is 2. The second-order valence-electron chi connectivity index (χ2n) is 8.65. The number of piperidine rings is 1. The molecule has 1 aliphatic heterocycles. The molecule has 0 radical (unpaired) electrons. The van der Waals surface area contributed by atoms with Crippen LogP contribution >= 0.6 is 0 Å². The molecular weight excluding hydrogens is 418 g/mol. The van der Waals surface area contributed by atoms with E-state index >= 15 is 0 Å². The average Bonchev–Trinajstić information content (AvgIpc) is 3.26. The van der Waals surface area contributed by atoms with Gasteiger partial charge >= 0.3 is 5.63 Å². The number of fused-ring (bicyclic) bond motifs is 2. The summed E-state index contributed by atoms with van der Waals surface area (Å²) in [6, 6.07) is 13.1. The van der Waals surface area contributed by atoms with E-state index in [1.54, 1.807) is 13.2 Å². The number of ether oxygens (including phenoxy) is 1. The number of likely N-dealkylation sites (tertiary alicyclic amines) is 1. The van der Waals surface area contributed by atoms with Gasteiger partial charge in [0, 0.05) is 30.5 Å². The number of para-hydroxylation sites is 2. The van der Waals surface area contributed by atoms with Gasteiger partial charge in [0.15, 0.2) is 0 Å². The maximum Gasteiger partial charge on any atom is 0.336 e. The highest BCUT2D eigenvalue weighted by atomic mass is 16.5. The first-order valence-electron chi connectivity index (χ1n) is 11.4. The third-order valence-corrected chi connectivity index (χ3v) is 6.51. The van der Waals surface area contributed by atoms with Gasteiger partial charge in [-0.25, -0.2) is 9.78 Å². The van der Waals surface area contributed by atoms with Crippen molar-refractivity contribution in [3.8, 4) is 5.75 Å². The molecule has 4 aromatic rings. The van der Waals surface area contributed by atoms with Crippen molar-refractivity contribution in [3.63, 3.8) is 0 Å². The van der Waals surface area contributed by atoms with Gasteiger partial charge < -0.3 is 19.0 Å². The van der Waals surface area contributed by atoms with Gasteiger partial charge in [-0.2, -0.15) is 0 Å². The molecule has 0 bridgehead atoms. The molecule has 1 amide bonds. The molecule has 1 unspecified atom stereocenters. The first kappa shape index (κ1) is 21.2. The molecule has 1 saturated heterocycles. The van der Waals surface area contributed by atoms with Crippen LogP contribution in [0, 0.1) is 6.92 Å². The summed E-state index contributed by atoms with van der Waals surface area (Å²) in [5.41, 5.74) is 3.80. The molecule has 7 heteroatoms. The SMILES string of the molecule is COc1cc2oc(=O)cc(C)c2cc1CCC(=O)N1CCCCC1c1nc2ccccc2[nH]1. The number of H-pyrrole nitrogens is 1. The fourth-order valence-electron chi connectivity index (χ4n) is 4.81. The molecule has 170 valence electrons. The summed E-state index contributed by atoms with van der Waals surface area (Å²) in [5, 5.41) is 0.857. The highest BCUT2D eigenvalue weighted by molar-refractivity contribution is 5.83. The van der Waals surface area contributed by atoms with Crippen molar-refractivity contribution in [2.75, 3.05) is 13.7 Å². The van der Waals surface area contributed by atoms with Crippen molar-refractivity contribution in [2.45, 2.75) is 45.1 Å². The van der Waals surface area contributed by atoms with Crippen molar-refractivity contribution >= 4 is 27.9 Å². The van der Waals surface area contributed by atoms with Crippen LogP contribution in [-0.2, 0) is 11.2 Å². The third-order valence-electron chi connectivity index (χ3n) is 6.51. The highest BCUT2D eigenvalue weighted by Crippen LogP contribution is 2.32. The van der Waals surface area contributed by atoms with E-state index in [-0.39, 0.29) is 17.6 Å². The summed E-state index contributed by atoms with van der Waals surface area (Å²) in [5.74, 6) is 1.59. The zero-order valence-corrected chi connectivity index (χ0v) is 18.9. The van der Waals surface area contributed by atoms with E-state index in [4.69, 9.17) is 14.1 Å². The lowest BCUT2D eigenvalue weighted by Crippen LogP contribution is -2.39. The van der Waals surface area contributed by atoms with Gasteiger partial charge in [0.25, 0.3) is 0 Å². The van der Waals surface area contributed by atoms with Crippen LogP contribution in [0.1, 0.15) is 48.7 Å². The van der Waals surface area contributed by atoms with E-state index in [9.17, 15) is 9.59 Å². The number of carbonyl (C=O) groups is 1. The monoisotopic (exact) mass is 445 g/mol. The number of aromatic nitrogens is 2. The molecule has 0 saturated carbocycles. The first-order valence-corrected chi connectivity index (χ1v) is 11.4. The lowest BCUT2D eigenvalue weighted by molar-refractivity contribution is -0.135. The maximum atomic E-state index is 13.3. The largest absolute Gasteiger partial charge is 0.496 e. The number of methoxy groups -OCH3 is 1. The predicted octanol–water partition coefficient (Wildman–Crippen LogP) is 4.67. The molecule has 1 aliphatic rings. The van der Waals surface area contributed by atoms with E-state index in [0.29, 0.717) is 24.2 Å². The van der Waals surface area contributed by atoms with Crippen molar-refractivity contribution < 1.29 is 13.9 Å². The number of hydrogen-bond donors (Lipinski definition) is 1. The van der Waals surface area contributed by atoms with E-state index in [1.165, 1.54) is 6.07 Å². The Bertz CT molecular complexity index is 1350. The second-order valence-corrected chi connectivity index (χ2v) is 8.65. The molecule has 7 nitrogen and oxygen atoms in total. The van der Waals surface area contributed by atoms with E-state index in [0.717, 1.165) is 59.2 Å². The molecule has 1 fully saturated rings. The summed E-state index contributed by atoms with van der Waals surface area (Å²) < 4.78 is 10.9. The Balaban J connectivity index is 1.38. The van der Waals surface area contributed by atoms with Crippen LogP contribution in [0.25, 0.3) is 22.0 Å². The van der Waals surface area contributed by atoms with Gasteiger partial charge in [0.2, 0.25) is 5.91 Å². The number of aryl methyl sites for hydroxylation is 2. The van der Waals surface area contributed by atoms with Crippen LogP contribution in [0.2, 0.25) is 0 Å². The number of rotatable bonds is 5. The fraction of sp³-hybridized carbons (Fsp3) is 0.346. The number of imidazole rings is 1. The Morgan fingerprint density at radius 1 is 1.24 bits per heavy atom. The number of hydrogen-bond acceptors (Lipinski definition) is 5. The Hall–Kier alpha value is -3.61. The standard InChI is InChI=1S/C26H27N3O4/c1-16-13-25(31)33-23-15-22(32-2)17(14-18(16)23)10-11-24(30)29-12-6-5-9-21(29)26-27-19-7-3-4-8-20(19)28-26/h3-4,7-8,13-15,21H,5-6,9-12H2,1-2H3,(H,27,28). The van der Waals surface area contributed by atoms with Gasteiger partial charge in [-0.15, -0.1) is 0 Å². The fourth-order valence-corrected chi connectivity index (χ4v) is 4.81. The molecule has 0 aliphatic carbocycles. The van der Waals surface area contributed by atoms with Gasteiger partial charge in [-0.05, 0) is 61.9 Å². The van der Waals surface area contributed by atoms with Crippen molar-refractivity contribution in [1.29, 1.82) is 0 Å². The Morgan fingerprint density at radius 3 is 2.91 bits per heavy atom. The number of carbonyl (C=O) groups excluding carboxylic acids is 1. The topological polar surface area (TPSA) is 88.4 Å². The van der Waals surface area contributed by atoms with Gasteiger partial charge in [0.1, 0.15) is 17.2 Å². The number of aromatic amines is 1. The highest BCUT2D eigenvalue weighted by Gasteiger charge is 2.30. The normalized spacial score (nSPS) is 16.4. The van der Waals surface area contributed by atoms with Crippen molar-refractivity contribution in [3.05, 3.63) is 69.8 Å². The lowest BCUT2D eigenvalue weighted by Gasteiger charge is -2.34. The number of nitrogens with one attached hydrogen (secondary N) is 1. The molecule has 3 heterocycles. The molecule has 0 spiro atoms. The van der Waals surface area contributed by atoms with Crippen LogP contribution in [0.15, 0.2) is 51.7 Å². The van der Waals surface area contributed by atoms with Gasteiger partial charge in [0.05, 0.1) is 24.2 Å². The predicted molar refractivity (Wildman–Crippen MR) is 126 cm³/mol. The minimum absolute atomic E-state index is 0.0336. The molecule has 33 heavy (non-hydrogen) atoms. The molecule has 2 aromatic carbocycles. The minimum Gasteiger partial charge on any atom is -0.496 e. The number of amides is 1. The molecular formula is C26H27N3O4. The molecule has 1 N–H and O–H groups in total. The Labute approximate surface area is 191 Å². The van der Waals surface area contributed by atoms with Crippen LogP contribution < -0.4 is 10.4 Å². The molecule has 5 rings (SSSR count). The molecule has 2 aromatic heterocycles. The quantitative estimate of drug-likeness (QED) is 0.451. The van der Waals surface area contributed by atoms with Crippen LogP contribution in [0.4, 0.5) is 0 Å². The van der Waals surface area contributed by atoms with Gasteiger partial charge in [-0.1, -0.05) is 12.1 Å². The summed E-state index contributed by atoms with van der Waals surface area (Å²) in [6.45, 7) is 2.62. The summed E-state index contributed by atoms with van der Waals surface area (Å²) in [7, 11) is 1.59. The average molecular weight is 446 g/mol. The zero-order chi connectivity index (χ0) is 22.9. The minimum atomic E-state index is -0.383. The van der Waals surface area contributed by atoms with E-state index < -0.39 is 0 Å². The summed E-state index contributed by atoms with van der Waals surface area (Å²) in [6.07, 6.45) is 3.89. The van der Waals surface area contributed by atoms with Crippen molar-refractivity contribution in [2.24, 2.45) is 0 Å². The smallest absolute Gasteiger partial charge is 0.336 e. The Morgan fingerprint density at radius 2 is 2.09 bits per heavy atom. The third kappa shape index (κ3) is 4.11. The van der Waals surface area contributed by atoms with E-state index in [1.807, 2.05) is 42.2 Å². The molecule has 1 atom stereocenters. The summed E-state index contributed by atoms with van der Waals surface area (Å²) in [4.78, 5) is 35.2. The van der Waals surface area contributed by atoms with Crippen LogP contribution in [0.3, 0.4) is 0 Å². The van der Waals surface area contributed by atoms with Crippen LogP contribution in [-0.4, -0.2) is 34.4 Å². The zero-order valence-electron chi connectivity index (χ0n) is 18.9. The van der Waals surface area contributed by atoms with Crippen LogP contribution in [0.5, 0.6) is 5.75 Å². The maximum absolute atomic E-state index is 13.3. The summed E-state index contributed by atoms with van der Waals surface area (Å²) >= 11 is 0. The number of benzene rings is 2.